The molecule has 0 saturated heterocycles. The Morgan fingerprint density at radius 3 is 2.67 bits per heavy atom. The molecule has 0 unspecified atom stereocenters. The highest BCUT2D eigenvalue weighted by Crippen LogP contribution is 2.15. The molecule has 0 bridgehead atoms. The van der Waals surface area contributed by atoms with E-state index in [1.165, 1.54) is 0 Å². The molecule has 0 heterocycles. The molecule has 15 heavy (non-hydrogen) atoms. The third kappa shape index (κ3) is 3.81. The van der Waals surface area contributed by atoms with E-state index in [4.69, 9.17) is 11.6 Å². The van der Waals surface area contributed by atoms with E-state index in [0.717, 1.165) is 11.1 Å². The molecular formula is C10H14ClNO2S. The van der Waals surface area contributed by atoms with Gasteiger partial charge in [-0.25, -0.2) is 13.1 Å². The largest absolute Gasteiger partial charge is 0.212 e. The van der Waals surface area contributed by atoms with E-state index in [1.807, 2.05) is 13.0 Å². The molecule has 0 aliphatic carbocycles. The number of rotatable bonds is 4. The molecule has 3 nitrogen and oxygen atoms in total. The first-order valence-electron chi connectivity index (χ1n) is 4.67. The van der Waals surface area contributed by atoms with Crippen molar-refractivity contribution in [1.29, 1.82) is 0 Å². The van der Waals surface area contributed by atoms with Gasteiger partial charge in [-0.2, -0.15) is 0 Å². The van der Waals surface area contributed by atoms with E-state index >= 15 is 0 Å². The standard InChI is InChI=1S/C10H14ClNO2S/c1-3-15(13,14)12-7-9-6-10(11)5-4-8(9)2/h4-6,12H,3,7H2,1-2H3. The number of sulfonamides is 1. The topological polar surface area (TPSA) is 46.2 Å². The molecule has 1 N–H and O–H groups in total. The van der Waals surface area contributed by atoms with Crippen LogP contribution in [-0.2, 0) is 16.6 Å². The van der Waals surface area contributed by atoms with Crippen LogP contribution >= 0.6 is 11.6 Å². The molecule has 0 aliphatic rings. The van der Waals surface area contributed by atoms with Crippen LogP contribution in [0.15, 0.2) is 18.2 Å². The Morgan fingerprint density at radius 1 is 1.40 bits per heavy atom. The van der Waals surface area contributed by atoms with Gasteiger partial charge in [0.2, 0.25) is 10.0 Å². The minimum atomic E-state index is -3.14. The average Bonchev–Trinajstić information content (AvgIpc) is 2.20. The van der Waals surface area contributed by atoms with E-state index in [0.29, 0.717) is 11.6 Å². The fourth-order valence-electron chi connectivity index (χ4n) is 1.12. The van der Waals surface area contributed by atoms with Gasteiger partial charge in [-0.15, -0.1) is 0 Å². The van der Waals surface area contributed by atoms with Crippen molar-refractivity contribution in [3.8, 4) is 0 Å². The second-order valence-corrected chi connectivity index (χ2v) is 5.83. The maximum absolute atomic E-state index is 11.2. The molecule has 5 heteroatoms. The van der Waals surface area contributed by atoms with E-state index in [9.17, 15) is 8.42 Å². The lowest BCUT2D eigenvalue weighted by Crippen LogP contribution is -2.25. The third-order valence-corrected chi connectivity index (χ3v) is 3.75. The maximum Gasteiger partial charge on any atom is 0.211 e. The number of nitrogens with one attached hydrogen (secondary N) is 1. The highest BCUT2D eigenvalue weighted by molar-refractivity contribution is 7.89. The molecule has 1 aromatic rings. The predicted molar refractivity (Wildman–Crippen MR) is 62.5 cm³/mol. The molecule has 0 saturated carbocycles. The van der Waals surface area contributed by atoms with Gasteiger partial charge in [0.15, 0.2) is 0 Å². The van der Waals surface area contributed by atoms with Crippen LogP contribution in [0, 0.1) is 6.92 Å². The number of hydrogen-bond acceptors (Lipinski definition) is 2. The first kappa shape index (κ1) is 12.5. The first-order chi connectivity index (χ1) is 6.94. The van der Waals surface area contributed by atoms with Gasteiger partial charge >= 0.3 is 0 Å². The van der Waals surface area contributed by atoms with Crippen molar-refractivity contribution in [3.63, 3.8) is 0 Å². The lowest BCUT2D eigenvalue weighted by atomic mass is 10.1. The minimum absolute atomic E-state index is 0.0899. The van der Waals surface area contributed by atoms with Crippen LogP contribution in [0.25, 0.3) is 0 Å². The molecule has 0 aromatic heterocycles. The van der Waals surface area contributed by atoms with E-state index in [1.54, 1.807) is 19.1 Å². The molecule has 0 spiro atoms. The fourth-order valence-corrected chi connectivity index (χ4v) is 1.89. The van der Waals surface area contributed by atoms with Crippen LogP contribution in [0.2, 0.25) is 5.02 Å². The second kappa shape index (κ2) is 4.96. The summed E-state index contributed by atoms with van der Waals surface area (Å²) in [4.78, 5) is 0. The molecule has 1 rings (SSSR count). The SMILES string of the molecule is CCS(=O)(=O)NCc1cc(Cl)ccc1C. The number of benzene rings is 1. The lowest BCUT2D eigenvalue weighted by molar-refractivity contribution is 0.582. The molecule has 0 amide bonds. The molecule has 1 aromatic carbocycles. The van der Waals surface area contributed by atoms with Crippen molar-refractivity contribution >= 4 is 21.6 Å². The normalized spacial score (nSPS) is 11.7. The van der Waals surface area contributed by atoms with Crippen molar-refractivity contribution in [2.45, 2.75) is 20.4 Å². The molecule has 0 atom stereocenters. The van der Waals surface area contributed by atoms with Crippen molar-refractivity contribution in [3.05, 3.63) is 34.3 Å². The van der Waals surface area contributed by atoms with Crippen LogP contribution in [0.3, 0.4) is 0 Å². The van der Waals surface area contributed by atoms with Gasteiger partial charge in [-0.3, -0.25) is 0 Å². The molecular weight excluding hydrogens is 234 g/mol. The van der Waals surface area contributed by atoms with Gasteiger partial charge in [0, 0.05) is 11.6 Å². The highest BCUT2D eigenvalue weighted by Gasteiger charge is 2.07. The predicted octanol–water partition coefficient (Wildman–Crippen LogP) is 2.09. The van der Waals surface area contributed by atoms with Crippen molar-refractivity contribution in [2.75, 3.05) is 5.75 Å². The average molecular weight is 248 g/mol. The fraction of sp³-hybridized carbons (Fsp3) is 0.400. The van der Waals surface area contributed by atoms with Crippen LogP contribution in [0.4, 0.5) is 0 Å². The Hall–Kier alpha value is -0.580. The second-order valence-electron chi connectivity index (χ2n) is 3.30. The summed E-state index contributed by atoms with van der Waals surface area (Å²) < 4.78 is 25.0. The van der Waals surface area contributed by atoms with Crippen LogP contribution in [0.1, 0.15) is 18.1 Å². The summed E-state index contributed by atoms with van der Waals surface area (Å²) in [5, 5.41) is 0.617. The summed E-state index contributed by atoms with van der Waals surface area (Å²) >= 11 is 5.82. The summed E-state index contributed by atoms with van der Waals surface area (Å²) in [5.74, 6) is 0.0899. The van der Waals surface area contributed by atoms with Crippen LogP contribution in [-0.4, -0.2) is 14.2 Å². The zero-order chi connectivity index (χ0) is 11.5. The summed E-state index contributed by atoms with van der Waals surface area (Å²) in [6.07, 6.45) is 0. The van der Waals surface area contributed by atoms with Crippen LogP contribution in [0.5, 0.6) is 0 Å². The quantitative estimate of drug-likeness (QED) is 0.886. The van der Waals surface area contributed by atoms with Gasteiger partial charge in [-0.1, -0.05) is 17.7 Å². The van der Waals surface area contributed by atoms with Crippen molar-refractivity contribution in [1.82, 2.24) is 4.72 Å². The summed E-state index contributed by atoms with van der Waals surface area (Å²) in [6.45, 7) is 3.82. The van der Waals surface area contributed by atoms with Gasteiger partial charge in [-0.05, 0) is 37.1 Å². The molecule has 84 valence electrons. The third-order valence-electron chi connectivity index (χ3n) is 2.17. The van der Waals surface area contributed by atoms with Crippen molar-refractivity contribution in [2.24, 2.45) is 0 Å². The smallest absolute Gasteiger partial charge is 0.211 e. The Balaban J connectivity index is 2.78. The number of hydrogen-bond donors (Lipinski definition) is 1. The zero-order valence-electron chi connectivity index (χ0n) is 8.75. The zero-order valence-corrected chi connectivity index (χ0v) is 10.3. The summed E-state index contributed by atoms with van der Waals surface area (Å²) in [5.41, 5.74) is 1.93. The maximum atomic E-state index is 11.2. The van der Waals surface area contributed by atoms with Gasteiger partial charge in [0.1, 0.15) is 0 Å². The molecule has 0 aliphatic heterocycles. The van der Waals surface area contributed by atoms with Gasteiger partial charge in [0.05, 0.1) is 5.75 Å². The van der Waals surface area contributed by atoms with E-state index in [2.05, 4.69) is 4.72 Å². The van der Waals surface area contributed by atoms with Crippen molar-refractivity contribution < 1.29 is 8.42 Å². The summed E-state index contributed by atoms with van der Waals surface area (Å²) in [7, 11) is -3.14. The Bertz CT molecular complexity index is 443. The first-order valence-corrected chi connectivity index (χ1v) is 6.70. The number of halogens is 1. The number of aryl methyl sites for hydroxylation is 1. The van der Waals surface area contributed by atoms with E-state index in [-0.39, 0.29) is 5.75 Å². The Labute approximate surface area is 95.5 Å². The molecule has 0 fully saturated rings. The van der Waals surface area contributed by atoms with Gasteiger partial charge in [0.25, 0.3) is 0 Å². The van der Waals surface area contributed by atoms with E-state index < -0.39 is 10.0 Å². The summed E-state index contributed by atoms with van der Waals surface area (Å²) in [6, 6.07) is 5.43. The minimum Gasteiger partial charge on any atom is -0.212 e. The van der Waals surface area contributed by atoms with Gasteiger partial charge < -0.3 is 0 Å². The highest BCUT2D eigenvalue weighted by atomic mass is 35.5. The molecule has 0 radical (unpaired) electrons. The Morgan fingerprint density at radius 2 is 2.07 bits per heavy atom. The monoisotopic (exact) mass is 247 g/mol. The Kier molecular flexibility index (Phi) is 4.13. The lowest BCUT2D eigenvalue weighted by Gasteiger charge is -2.07. The van der Waals surface area contributed by atoms with Crippen LogP contribution < -0.4 is 4.72 Å².